The lowest BCUT2D eigenvalue weighted by Gasteiger charge is -2.35. The third kappa shape index (κ3) is 6.32. The molecule has 2 rings (SSSR count). The van der Waals surface area contributed by atoms with Crippen molar-refractivity contribution in [3.8, 4) is 0 Å². The van der Waals surface area contributed by atoms with Crippen LogP contribution in [0.1, 0.15) is 49.8 Å². The van der Waals surface area contributed by atoms with Crippen LogP contribution in [0.4, 0.5) is 13.2 Å². The molecule has 1 aliphatic rings. The predicted molar refractivity (Wildman–Crippen MR) is 90.3 cm³/mol. The summed E-state index contributed by atoms with van der Waals surface area (Å²) in [6.07, 6.45) is -4.69. The third-order valence-corrected chi connectivity index (χ3v) is 4.28. The molecule has 1 heterocycles. The van der Waals surface area contributed by atoms with Crippen LogP contribution in [0.15, 0.2) is 24.3 Å². The molecule has 1 N–H and O–H groups in total. The van der Waals surface area contributed by atoms with Gasteiger partial charge in [-0.1, -0.05) is 38.1 Å². The van der Waals surface area contributed by atoms with Crippen molar-refractivity contribution < 1.29 is 13.2 Å². The average molecular weight is 351 g/mol. The maximum Gasteiger partial charge on any atom is 0.389 e. The van der Waals surface area contributed by atoms with E-state index in [9.17, 15) is 13.2 Å². The van der Waals surface area contributed by atoms with Gasteiger partial charge < -0.3 is 5.32 Å². The zero-order valence-electron chi connectivity index (χ0n) is 13.7. The van der Waals surface area contributed by atoms with Gasteiger partial charge in [0.1, 0.15) is 0 Å². The molecule has 0 bridgehead atoms. The van der Waals surface area contributed by atoms with Crippen LogP contribution in [-0.4, -0.2) is 37.3 Å². The van der Waals surface area contributed by atoms with Gasteiger partial charge in [-0.3, -0.25) is 4.90 Å². The van der Waals surface area contributed by atoms with E-state index in [1.54, 1.807) is 0 Å². The molecule has 0 radical (unpaired) electrons. The number of nitrogens with one attached hydrogen (secondary N) is 1. The molecule has 1 atom stereocenters. The van der Waals surface area contributed by atoms with E-state index in [2.05, 4.69) is 24.1 Å². The van der Waals surface area contributed by atoms with Crippen LogP contribution in [0.2, 0.25) is 0 Å². The van der Waals surface area contributed by atoms with Gasteiger partial charge in [0.2, 0.25) is 0 Å². The fraction of sp³-hybridized carbons (Fsp3) is 0.647. The first kappa shape index (κ1) is 20.3. The molecule has 132 valence electrons. The van der Waals surface area contributed by atoms with Crippen molar-refractivity contribution in [2.45, 2.75) is 44.8 Å². The lowest BCUT2D eigenvalue weighted by atomic mass is 9.95. The Bertz CT molecular complexity index is 454. The molecule has 0 amide bonds. The van der Waals surface area contributed by atoms with Crippen molar-refractivity contribution in [1.82, 2.24) is 10.2 Å². The molecule has 1 fully saturated rings. The Morgan fingerprint density at radius 3 is 2.04 bits per heavy atom. The summed E-state index contributed by atoms with van der Waals surface area (Å²) >= 11 is 0. The van der Waals surface area contributed by atoms with Crippen molar-refractivity contribution in [3.05, 3.63) is 35.4 Å². The van der Waals surface area contributed by atoms with E-state index in [0.29, 0.717) is 5.92 Å². The summed E-state index contributed by atoms with van der Waals surface area (Å²) in [7, 11) is 0. The number of nitrogens with zero attached hydrogens (tertiary/aromatic N) is 1. The number of piperazine rings is 1. The topological polar surface area (TPSA) is 15.3 Å². The van der Waals surface area contributed by atoms with Gasteiger partial charge in [0, 0.05) is 38.6 Å². The summed E-state index contributed by atoms with van der Waals surface area (Å²) in [6, 6.07) is 7.94. The molecule has 0 aliphatic carbocycles. The Labute approximate surface area is 142 Å². The second kappa shape index (κ2) is 8.90. The van der Waals surface area contributed by atoms with Crippen molar-refractivity contribution in [2.24, 2.45) is 0 Å². The van der Waals surface area contributed by atoms with E-state index < -0.39 is 12.6 Å². The molecule has 0 unspecified atom stereocenters. The van der Waals surface area contributed by atoms with Gasteiger partial charge in [-0.15, -0.1) is 12.4 Å². The van der Waals surface area contributed by atoms with Gasteiger partial charge in [-0.05, 0) is 23.5 Å². The Hall–Kier alpha value is -0.780. The average Bonchev–Trinajstić information content (AvgIpc) is 2.48. The van der Waals surface area contributed by atoms with E-state index in [0.717, 1.165) is 31.7 Å². The minimum atomic E-state index is -4.09. The molecular formula is C17H26ClF3N2. The van der Waals surface area contributed by atoms with Gasteiger partial charge >= 0.3 is 6.18 Å². The van der Waals surface area contributed by atoms with E-state index in [1.165, 1.54) is 5.56 Å². The molecule has 1 aromatic rings. The van der Waals surface area contributed by atoms with Crippen LogP contribution < -0.4 is 5.32 Å². The molecule has 0 aromatic heterocycles. The molecule has 23 heavy (non-hydrogen) atoms. The fourth-order valence-electron chi connectivity index (χ4n) is 2.96. The Kier molecular flexibility index (Phi) is 7.84. The Morgan fingerprint density at radius 2 is 1.57 bits per heavy atom. The molecule has 1 aromatic carbocycles. The minimum Gasteiger partial charge on any atom is -0.314 e. The monoisotopic (exact) mass is 350 g/mol. The van der Waals surface area contributed by atoms with E-state index in [4.69, 9.17) is 0 Å². The molecule has 6 heteroatoms. The molecule has 0 saturated carbocycles. The highest BCUT2D eigenvalue weighted by atomic mass is 35.5. The fourth-order valence-corrected chi connectivity index (χ4v) is 2.96. The second-order valence-electron chi connectivity index (χ2n) is 6.28. The van der Waals surface area contributed by atoms with Crippen LogP contribution in [0, 0.1) is 0 Å². The smallest absolute Gasteiger partial charge is 0.314 e. The number of hydrogen-bond donors (Lipinski definition) is 1. The van der Waals surface area contributed by atoms with Crippen LogP contribution in [0.3, 0.4) is 0 Å². The van der Waals surface area contributed by atoms with Gasteiger partial charge in [0.15, 0.2) is 0 Å². The third-order valence-electron chi connectivity index (χ3n) is 4.28. The van der Waals surface area contributed by atoms with Crippen molar-refractivity contribution >= 4 is 12.4 Å². The van der Waals surface area contributed by atoms with Crippen LogP contribution >= 0.6 is 12.4 Å². The molecule has 2 nitrogen and oxygen atoms in total. The number of hydrogen-bond acceptors (Lipinski definition) is 2. The van der Waals surface area contributed by atoms with Crippen molar-refractivity contribution in [1.29, 1.82) is 0 Å². The maximum atomic E-state index is 12.6. The van der Waals surface area contributed by atoms with E-state index >= 15 is 0 Å². The van der Waals surface area contributed by atoms with Crippen molar-refractivity contribution in [2.75, 3.05) is 26.2 Å². The summed E-state index contributed by atoms with van der Waals surface area (Å²) in [5.41, 5.74) is 2.22. The molecule has 1 aliphatic heterocycles. The highest BCUT2D eigenvalue weighted by Crippen LogP contribution is 2.32. The van der Waals surface area contributed by atoms with Crippen LogP contribution in [0.5, 0.6) is 0 Å². The molecular weight excluding hydrogens is 325 g/mol. The summed E-state index contributed by atoms with van der Waals surface area (Å²) in [5.74, 6) is 0.432. The van der Waals surface area contributed by atoms with Gasteiger partial charge in [0.25, 0.3) is 0 Å². The highest BCUT2D eigenvalue weighted by Gasteiger charge is 2.31. The largest absolute Gasteiger partial charge is 0.389 e. The normalized spacial score (nSPS) is 17.8. The summed E-state index contributed by atoms with van der Waals surface area (Å²) < 4.78 is 37.9. The quantitative estimate of drug-likeness (QED) is 0.839. The van der Waals surface area contributed by atoms with Crippen LogP contribution in [-0.2, 0) is 0 Å². The standard InChI is InChI=1S/C17H25F3N2.ClH/c1-13(2)14-3-5-15(6-4-14)16(7-8-17(18,19)20)22-11-9-21-10-12-22;/h3-6,13,16,21H,7-12H2,1-2H3;1H/t16-;/m1./s1. The minimum absolute atomic E-state index is 0. The maximum absolute atomic E-state index is 12.6. The van der Waals surface area contributed by atoms with E-state index in [1.807, 2.05) is 24.3 Å². The number of alkyl halides is 3. The molecule has 0 spiro atoms. The first-order chi connectivity index (χ1) is 10.4. The number of benzene rings is 1. The van der Waals surface area contributed by atoms with Gasteiger partial charge in [-0.25, -0.2) is 0 Å². The summed E-state index contributed by atoms with van der Waals surface area (Å²) in [4.78, 5) is 2.17. The highest BCUT2D eigenvalue weighted by molar-refractivity contribution is 5.85. The van der Waals surface area contributed by atoms with Gasteiger partial charge in [-0.2, -0.15) is 13.2 Å². The number of rotatable bonds is 5. The summed E-state index contributed by atoms with van der Waals surface area (Å²) in [6.45, 7) is 7.51. The lowest BCUT2D eigenvalue weighted by Crippen LogP contribution is -2.45. The molecule has 1 saturated heterocycles. The zero-order valence-corrected chi connectivity index (χ0v) is 14.5. The van der Waals surface area contributed by atoms with Gasteiger partial charge in [0.05, 0.1) is 0 Å². The summed E-state index contributed by atoms with van der Waals surface area (Å²) in [5, 5.41) is 3.25. The van der Waals surface area contributed by atoms with Crippen molar-refractivity contribution in [3.63, 3.8) is 0 Å². The Balaban J connectivity index is 0.00000264. The first-order valence-corrected chi connectivity index (χ1v) is 7.98. The van der Waals surface area contributed by atoms with E-state index in [-0.39, 0.29) is 24.9 Å². The Morgan fingerprint density at radius 1 is 1.04 bits per heavy atom. The second-order valence-corrected chi connectivity index (χ2v) is 6.28. The lowest BCUT2D eigenvalue weighted by molar-refractivity contribution is -0.138. The SMILES string of the molecule is CC(C)c1ccc([C@@H](CCC(F)(F)F)N2CCNCC2)cc1.Cl. The predicted octanol–water partition coefficient (Wildman–Crippen LogP) is 4.52. The zero-order chi connectivity index (χ0) is 16.2. The first-order valence-electron chi connectivity index (χ1n) is 7.98. The number of halogens is 4. The van der Waals surface area contributed by atoms with Crippen LogP contribution in [0.25, 0.3) is 0 Å².